The molecule has 0 spiro atoms. The number of carboxylic acid groups (broad SMARTS) is 1. The Kier molecular flexibility index (Phi) is 5.21. The molecule has 0 atom stereocenters. The van der Waals surface area contributed by atoms with E-state index in [-0.39, 0.29) is 23.8 Å². The third kappa shape index (κ3) is 4.31. The summed E-state index contributed by atoms with van der Waals surface area (Å²) in [6.45, 7) is 0.848. The van der Waals surface area contributed by atoms with Crippen LogP contribution in [-0.2, 0) is 9.59 Å². The number of anilines is 1. The number of nitrogens with zero attached hydrogens (tertiary/aromatic N) is 3. The maximum absolute atomic E-state index is 12.3. The van der Waals surface area contributed by atoms with Gasteiger partial charge in [0.1, 0.15) is 17.7 Å². The molecule has 2 fully saturated rings. The number of carbonyl (C=O) groups excluding carboxylic acids is 2. The van der Waals surface area contributed by atoms with Crippen LogP contribution in [0.15, 0.2) is 12.4 Å². The van der Waals surface area contributed by atoms with Gasteiger partial charge in [-0.3, -0.25) is 24.8 Å². The van der Waals surface area contributed by atoms with Crippen LogP contribution in [0, 0.1) is 0 Å². The van der Waals surface area contributed by atoms with E-state index in [1.165, 1.54) is 6.33 Å². The third-order valence-electron chi connectivity index (χ3n) is 4.48. The van der Waals surface area contributed by atoms with Gasteiger partial charge in [-0.1, -0.05) is 0 Å². The molecule has 3 heterocycles. The number of nitrogens with one attached hydrogen (secondary N) is 3. The van der Waals surface area contributed by atoms with Gasteiger partial charge in [0.05, 0.1) is 5.39 Å². The number of aromatic amines is 1. The fourth-order valence-corrected chi connectivity index (χ4v) is 2.73. The first-order valence-corrected chi connectivity index (χ1v) is 8.51. The van der Waals surface area contributed by atoms with Crippen molar-refractivity contribution in [2.45, 2.75) is 31.2 Å². The Morgan fingerprint density at radius 2 is 2.19 bits per heavy atom. The number of hydrogen-bond acceptors (Lipinski definition) is 7. The zero-order valence-electron chi connectivity index (χ0n) is 14.6. The molecule has 2 amide bonds. The second kappa shape index (κ2) is 7.58. The van der Waals surface area contributed by atoms with Crippen molar-refractivity contribution in [3.8, 4) is 0 Å². The molecule has 1 saturated heterocycles. The van der Waals surface area contributed by atoms with E-state index in [1.54, 1.807) is 11.1 Å². The third-order valence-corrected chi connectivity index (χ3v) is 4.48. The van der Waals surface area contributed by atoms with E-state index >= 15 is 0 Å². The van der Waals surface area contributed by atoms with Crippen molar-refractivity contribution in [1.29, 1.82) is 0 Å². The zero-order chi connectivity index (χ0) is 19.4. The van der Waals surface area contributed by atoms with Gasteiger partial charge in [0, 0.05) is 25.0 Å². The summed E-state index contributed by atoms with van der Waals surface area (Å²) >= 11 is 0. The van der Waals surface area contributed by atoms with E-state index in [0.29, 0.717) is 42.1 Å². The average Bonchev–Trinajstić information content (AvgIpc) is 3.04. The SMILES string of the molecule is NC1(CNC(=O)c2cc3c(NN4CCCC4=O)ncnc3[nH]2)CC1.O=CO. The van der Waals surface area contributed by atoms with Gasteiger partial charge in [-0.15, -0.1) is 0 Å². The Morgan fingerprint density at radius 3 is 2.81 bits per heavy atom. The molecule has 1 aliphatic carbocycles. The summed E-state index contributed by atoms with van der Waals surface area (Å²) in [5.74, 6) is 0.309. The van der Waals surface area contributed by atoms with Crippen LogP contribution in [0.1, 0.15) is 36.2 Å². The predicted molar refractivity (Wildman–Crippen MR) is 95.6 cm³/mol. The molecule has 2 aromatic heterocycles. The number of H-pyrrole nitrogens is 1. The number of hydrazine groups is 1. The lowest BCUT2D eigenvalue weighted by atomic mass is 10.3. The molecule has 6 N–H and O–H groups in total. The van der Waals surface area contributed by atoms with Crippen LogP contribution in [0.5, 0.6) is 0 Å². The summed E-state index contributed by atoms with van der Waals surface area (Å²) in [5.41, 5.74) is 9.68. The van der Waals surface area contributed by atoms with Crippen LogP contribution >= 0.6 is 0 Å². The standard InChI is InChI=1S/C15H19N7O2.CH2O2/c16-15(3-4-15)7-17-14(24)10-6-9-12(20-10)18-8-19-13(9)21-22-5-1-2-11(22)23;2-1-3/h6,8H,1-5,7,16H2,(H,17,24)(H2,18,19,20,21);1H,(H,2,3). The van der Waals surface area contributed by atoms with Crippen LogP contribution in [0.4, 0.5) is 5.82 Å². The van der Waals surface area contributed by atoms with E-state index < -0.39 is 0 Å². The molecular weight excluding hydrogens is 354 g/mol. The first-order valence-electron chi connectivity index (χ1n) is 8.51. The molecule has 1 saturated carbocycles. The normalized spacial score (nSPS) is 17.2. The van der Waals surface area contributed by atoms with Gasteiger partial charge in [-0.2, -0.15) is 0 Å². The molecule has 0 radical (unpaired) electrons. The highest BCUT2D eigenvalue weighted by Crippen LogP contribution is 2.31. The number of amides is 2. The average molecular weight is 375 g/mol. The number of carbonyl (C=O) groups is 3. The van der Waals surface area contributed by atoms with E-state index in [2.05, 4.69) is 25.7 Å². The van der Waals surface area contributed by atoms with E-state index in [4.69, 9.17) is 15.6 Å². The van der Waals surface area contributed by atoms with Gasteiger partial charge >= 0.3 is 0 Å². The van der Waals surface area contributed by atoms with Gasteiger partial charge in [0.15, 0.2) is 5.82 Å². The molecule has 0 unspecified atom stereocenters. The smallest absolute Gasteiger partial charge is 0.290 e. The maximum atomic E-state index is 12.3. The molecule has 2 aromatic rings. The fourth-order valence-electron chi connectivity index (χ4n) is 2.73. The van der Waals surface area contributed by atoms with E-state index in [9.17, 15) is 9.59 Å². The highest BCUT2D eigenvalue weighted by molar-refractivity contribution is 6.00. The second-order valence-corrected chi connectivity index (χ2v) is 6.58. The lowest BCUT2D eigenvalue weighted by Gasteiger charge is -2.17. The minimum Gasteiger partial charge on any atom is -0.483 e. The van der Waals surface area contributed by atoms with Crippen molar-refractivity contribution in [3.05, 3.63) is 18.1 Å². The van der Waals surface area contributed by atoms with Crippen molar-refractivity contribution >= 4 is 35.1 Å². The number of aromatic nitrogens is 3. The van der Waals surface area contributed by atoms with Crippen molar-refractivity contribution in [3.63, 3.8) is 0 Å². The van der Waals surface area contributed by atoms with Gasteiger partial charge in [-0.25, -0.2) is 9.97 Å². The summed E-state index contributed by atoms with van der Waals surface area (Å²) in [7, 11) is 0. The predicted octanol–water partition coefficient (Wildman–Crippen LogP) is -0.171. The Morgan fingerprint density at radius 1 is 1.44 bits per heavy atom. The van der Waals surface area contributed by atoms with Crippen molar-refractivity contribution in [1.82, 2.24) is 25.3 Å². The summed E-state index contributed by atoms with van der Waals surface area (Å²) in [5, 5.41) is 11.9. The molecule has 11 heteroatoms. The summed E-state index contributed by atoms with van der Waals surface area (Å²) in [6.07, 6.45) is 4.61. The Labute approximate surface area is 154 Å². The molecule has 0 bridgehead atoms. The molecule has 0 aromatic carbocycles. The topological polar surface area (TPSA) is 166 Å². The molecule has 27 heavy (non-hydrogen) atoms. The van der Waals surface area contributed by atoms with Crippen LogP contribution in [0.3, 0.4) is 0 Å². The summed E-state index contributed by atoms with van der Waals surface area (Å²) < 4.78 is 0. The number of rotatable bonds is 5. The van der Waals surface area contributed by atoms with Gasteiger partial charge in [0.25, 0.3) is 12.4 Å². The van der Waals surface area contributed by atoms with E-state index in [1.807, 2.05) is 0 Å². The van der Waals surface area contributed by atoms with Gasteiger partial charge in [0.2, 0.25) is 5.91 Å². The summed E-state index contributed by atoms with van der Waals surface area (Å²) in [6, 6.07) is 1.68. The molecule has 4 rings (SSSR count). The van der Waals surface area contributed by atoms with Crippen LogP contribution in [0.2, 0.25) is 0 Å². The number of nitrogens with two attached hydrogens (primary N) is 1. The fraction of sp³-hybridized carbons (Fsp3) is 0.438. The minimum absolute atomic E-state index is 0.0351. The lowest BCUT2D eigenvalue weighted by Crippen LogP contribution is -2.39. The largest absolute Gasteiger partial charge is 0.483 e. The van der Waals surface area contributed by atoms with Crippen molar-refractivity contribution < 1.29 is 19.5 Å². The van der Waals surface area contributed by atoms with Crippen LogP contribution in [0.25, 0.3) is 11.0 Å². The maximum Gasteiger partial charge on any atom is 0.290 e. The molecule has 2 aliphatic rings. The second-order valence-electron chi connectivity index (χ2n) is 6.58. The first-order chi connectivity index (χ1) is 13.0. The van der Waals surface area contributed by atoms with Gasteiger partial charge in [-0.05, 0) is 25.3 Å². The zero-order valence-corrected chi connectivity index (χ0v) is 14.6. The van der Waals surface area contributed by atoms with Crippen molar-refractivity contribution in [2.24, 2.45) is 5.73 Å². The molecule has 1 aliphatic heterocycles. The van der Waals surface area contributed by atoms with Gasteiger partial charge < -0.3 is 21.1 Å². The van der Waals surface area contributed by atoms with Crippen molar-refractivity contribution in [2.75, 3.05) is 18.5 Å². The lowest BCUT2D eigenvalue weighted by molar-refractivity contribution is -0.126. The first kappa shape index (κ1) is 18.6. The molecule has 144 valence electrons. The Balaban J connectivity index is 0.000000659. The van der Waals surface area contributed by atoms with E-state index in [0.717, 1.165) is 19.3 Å². The number of hydrogen-bond donors (Lipinski definition) is 5. The summed E-state index contributed by atoms with van der Waals surface area (Å²) in [4.78, 5) is 43.7. The Hall–Kier alpha value is -3.21. The monoisotopic (exact) mass is 375 g/mol. The Bertz CT molecular complexity index is 862. The minimum atomic E-state index is -0.250. The quantitative estimate of drug-likeness (QED) is 0.449. The van der Waals surface area contributed by atoms with Crippen LogP contribution in [-0.4, -0.2) is 62.0 Å². The molecular formula is C16H21N7O4. The highest BCUT2D eigenvalue weighted by atomic mass is 16.3. The van der Waals surface area contributed by atoms with Crippen LogP contribution < -0.4 is 16.5 Å². The highest BCUT2D eigenvalue weighted by Gasteiger charge is 2.38. The number of fused-ring (bicyclic) bond motifs is 1. The molecule has 11 nitrogen and oxygen atoms in total.